The van der Waals surface area contributed by atoms with Crippen LogP contribution in [0.5, 0.6) is 5.75 Å². The predicted octanol–water partition coefficient (Wildman–Crippen LogP) is 2.17. The highest BCUT2D eigenvalue weighted by Gasteiger charge is 2.33. The SMILES string of the molecule is COC1CN(c2cc(C(=N)c3cc(OC(F)(F)F)ccc3N)ccn2)C[C@@H]1O. The van der Waals surface area contributed by atoms with E-state index in [1.807, 2.05) is 4.90 Å². The Hall–Kier alpha value is -2.85. The predicted molar refractivity (Wildman–Crippen MR) is 96.7 cm³/mol. The summed E-state index contributed by atoms with van der Waals surface area (Å²) in [5.41, 5.74) is 6.45. The average Bonchev–Trinajstić information content (AvgIpc) is 3.02. The van der Waals surface area contributed by atoms with Gasteiger partial charge in [0.1, 0.15) is 17.7 Å². The van der Waals surface area contributed by atoms with Crippen molar-refractivity contribution in [2.75, 3.05) is 30.8 Å². The maximum atomic E-state index is 12.5. The lowest BCUT2D eigenvalue weighted by Gasteiger charge is -2.18. The lowest BCUT2D eigenvalue weighted by atomic mass is 10.0. The van der Waals surface area contributed by atoms with Crippen LogP contribution in [0.3, 0.4) is 0 Å². The van der Waals surface area contributed by atoms with Crippen LogP contribution in [-0.4, -0.2) is 54.6 Å². The number of hydrogen-bond donors (Lipinski definition) is 3. The van der Waals surface area contributed by atoms with Gasteiger partial charge in [0, 0.05) is 43.2 Å². The quantitative estimate of drug-likeness (QED) is 0.529. The van der Waals surface area contributed by atoms with Gasteiger partial charge in [0.25, 0.3) is 0 Å². The second-order valence-corrected chi connectivity index (χ2v) is 6.32. The summed E-state index contributed by atoms with van der Waals surface area (Å²) < 4.78 is 46.5. The Balaban J connectivity index is 1.86. The van der Waals surface area contributed by atoms with E-state index in [-0.39, 0.29) is 23.1 Å². The fourth-order valence-electron chi connectivity index (χ4n) is 3.03. The van der Waals surface area contributed by atoms with Crippen molar-refractivity contribution < 1.29 is 27.8 Å². The summed E-state index contributed by atoms with van der Waals surface area (Å²) in [5.74, 6) is 0.0587. The number of halogens is 3. The highest BCUT2D eigenvalue weighted by molar-refractivity contribution is 6.14. The number of rotatable bonds is 5. The summed E-state index contributed by atoms with van der Waals surface area (Å²) in [6, 6.07) is 6.60. The van der Waals surface area contributed by atoms with Crippen LogP contribution in [0.15, 0.2) is 36.5 Å². The molecule has 0 amide bonds. The van der Waals surface area contributed by atoms with Crippen LogP contribution in [0.2, 0.25) is 0 Å². The number of nitrogen functional groups attached to an aromatic ring is 1. The van der Waals surface area contributed by atoms with E-state index in [0.717, 1.165) is 12.1 Å². The van der Waals surface area contributed by atoms with Crippen LogP contribution >= 0.6 is 0 Å². The van der Waals surface area contributed by atoms with E-state index < -0.39 is 18.2 Å². The van der Waals surface area contributed by atoms with Crippen LogP contribution in [0.1, 0.15) is 11.1 Å². The number of ether oxygens (including phenoxy) is 2. The van der Waals surface area contributed by atoms with Crippen molar-refractivity contribution in [2.45, 2.75) is 18.6 Å². The van der Waals surface area contributed by atoms with Crippen molar-refractivity contribution in [3.05, 3.63) is 47.7 Å². The number of nitrogens with one attached hydrogen (secondary N) is 1. The molecule has 3 rings (SSSR count). The molecule has 28 heavy (non-hydrogen) atoms. The number of methoxy groups -OCH3 is 1. The van der Waals surface area contributed by atoms with Gasteiger partial charge < -0.3 is 25.2 Å². The number of anilines is 2. The van der Waals surface area contributed by atoms with Gasteiger partial charge in [-0.15, -0.1) is 13.2 Å². The first kappa shape index (κ1) is 19.9. The van der Waals surface area contributed by atoms with Gasteiger partial charge in [0.2, 0.25) is 0 Å². The largest absolute Gasteiger partial charge is 0.573 e. The zero-order valence-electron chi connectivity index (χ0n) is 14.9. The first-order valence-corrected chi connectivity index (χ1v) is 8.34. The average molecular weight is 396 g/mol. The van der Waals surface area contributed by atoms with Crippen LogP contribution in [0.25, 0.3) is 0 Å². The molecule has 1 fully saturated rings. The van der Waals surface area contributed by atoms with Crippen LogP contribution in [0.4, 0.5) is 24.7 Å². The van der Waals surface area contributed by atoms with Crippen molar-refractivity contribution in [2.24, 2.45) is 0 Å². The Morgan fingerprint density at radius 1 is 1.29 bits per heavy atom. The standard InChI is InChI=1S/C18H19F3N4O3/c1-27-15-9-25(8-14(15)26)16-6-10(4-5-24-16)17(23)12-7-11(2-3-13(12)22)28-18(19,20)21/h2-7,14-15,23,26H,8-9,22H2,1H3/t14-,15?/m0/s1. The highest BCUT2D eigenvalue weighted by atomic mass is 19.4. The van der Waals surface area contributed by atoms with Crippen molar-refractivity contribution >= 4 is 17.2 Å². The van der Waals surface area contributed by atoms with E-state index in [1.54, 1.807) is 12.1 Å². The monoisotopic (exact) mass is 396 g/mol. The van der Waals surface area contributed by atoms with Gasteiger partial charge in [-0.25, -0.2) is 4.98 Å². The molecule has 1 aliphatic rings. The molecule has 2 heterocycles. The van der Waals surface area contributed by atoms with E-state index in [1.165, 1.54) is 19.4 Å². The number of aliphatic hydroxyl groups excluding tert-OH is 1. The zero-order chi connectivity index (χ0) is 20.5. The lowest BCUT2D eigenvalue weighted by Crippen LogP contribution is -2.25. The summed E-state index contributed by atoms with van der Waals surface area (Å²) in [7, 11) is 1.51. The molecular weight excluding hydrogens is 377 g/mol. The second kappa shape index (κ2) is 7.64. The molecule has 0 radical (unpaired) electrons. The minimum Gasteiger partial charge on any atom is -0.406 e. The minimum absolute atomic E-state index is 0.0724. The fraction of sp³-hybridized carbons (Fsp3) is 0.333. The molecule has 1 unspecified atom stereocenters. The first-order chi connectivity index (χ1) is 13.2. The number of nitrogens with two attached hydrogens (primary N) is 1. The van der Waals surface area contributed by atoms with Gasteiger partial charge in [0.05, 0.1) is 11.8 Å². The number of alkyl halides is 3. The van der Waals surface area contributed by atoms with Gasteiger partial charge in [-0.1, -0.05) is 0 Å². The number of nitrogens with zero attached hydrogens (tertiary/aromatic N) is 2. The third-order valence-electron chi connectivity index (χ3n) is 4.43. The van der Waals surface area contributed by atoms with Crippen molar-refractivity contribution in [3.63, 3.8) is 0 Å². The van der Waals surface area contributed by atoms with Gasteiger partial charge in [-0.3, -0.25) is 5.41 Å². The second-order valence-electron chi connectivity index (χ2n) is 6.32. The topological polar surface area (TPSA) is 105 Å². The maximum absolute atomic E-state index is 12.5. The number of aliphatic hydroxyl groups is 1. The molecule has 150 valence electrons. The van der Waals surface area contributed by atoms with E-state index in [2.05, 4.69) is 9.72 Å². The Kier molecular flexibility index (Phi) is 5.43. The lowest BCUT2D eigenvalue weighted by molar-refractivity contribution is -0.274. The molecule has 1 aromatic heterocycles. The van der Waals surface area contributed by atoms with Crippen molar-refractivity contribution in [3.8, 4) is 5.75 Å². The Morgan fingerprint density at radius 3 is 2.68 bits per heavy atom. The summed E-state index contributed by atoms with van der Waals surface area (Å²) >= 11 is 0. The van der Waals surface area contributed by atoms with Crippen molar-refractivity contribution in [1.29, 1.82) is 5.41 Å². The maximum Gasteiger partial charge on any atom is 0.573 e. The zero-order valence-corrected chi connectivity index (χ0v) is 14.9. The molecule has 7 nitrogen and oxygen atoms in total. The third-order valence-corrected chi connectivity index (χ3v) is 4.43. The molecule has 0 bridgehead atoms. The third kappa shape index (κ3) is 4.34. The number of aromatic nitrogens is 1. The Morgan fingerprint density at radius 2 is 2.04 bits per heavy atom. The number of pyridine rings is 1. The molecule has 1 aliphatic heterocycles. The van der Waals surface area contributed by atoms with Gasteiger partial charge in [-0.2, -0.15) is 0 Å². The minimum atomic E-state index is -4.84. The highest BCUT2D eigenvalue weighted by Crippen LogP contribution is 2.28. The summed E-state index contributed by atoms with van der Waals surface area (Å²) in [6.45, 7) is 0.748. The molecule has 0 aliphatic carbocycles. The molecule has 2 atom stereocenters. The first-order valence-electron chi connectivity index (χ1n) is 8.34. The Bertz CT molecular complexity index is 875. The summed E-state index contributed by atoms with van der Waals surface area (Å²) in [6.07, 6.45) is -4.37. The Labute approximate surface area is 159 Å². The summed E-state index contributed by atoms with van der Waals surface area (Å²) in [4.78, 5) is 6.05. The van der Waals surface area contributed by atoms with Gasteiger partial charge >= 0.3 is 6.36 Å². The van der Waals surface area contributed by atoms with E-state index >= 15 is 0 Å². The molecule has 1 saturated heterocycles. The van der Waals surface area contributed by atoms with Crippen LogP contribution in [-0.2, 0) is 4.74 Å². The van der Waals surface area contributed by atoms with E-state index in [9.17, 15) is 18.3 Å². The molecule has 0 spiro atoms. The molecule has 2 aromatic rings. The van der Waals surface area contributed by atoms with Crippen LogP contribution in [0, 0.1) is 5.41 Å². The number of benzene rings is 1. The molecule has 0 saturated carbocycles. The molecule has 1 aromatic carbocycles. The van der Waals surface area contributed by atoms with Crippen molar-refractivity contribution in [1.82, 2.24) is 4.98 Å². The smallest absolute Gasteiger partial charge is 0.406 e. The van der Waals surface area contributed by atoms with Gasteiger partial charge in [0.15, 0.2) is 0 Å². The fourth-order valence-corrected chi connectivity index (χ4v) is 3.03. The van der Waals surface area contributed by atoms with E-state index in [0.29, 0.717) is 24.5 Å². The molecule has 10 heteroatoms. The van der Waals surface area contributed by atoms with Gasteiger partial charge in [-0.05, 0) is 30.3 Å². The number of β-amino-alcohol motifs (C(OH)–C–C–N with tert-alkyl or cyclic N) is 1. The summed E-state index contributed by atoms with van der Waals surface area (Å²) in [5, 5.41) is 18.4. The van der Waals surface area contributed by atoms with E-state index in [4.69, 9.17) is 15.9 Å². The normalized spacial score (nSPS) is 19.7. The molecule has 4 N–H and O–H groups in total. The number of hydrogen-bond acceptors (Lipinski definition) is 7. The van der Waals surface area contributed by atoms with Crippen LogP contribution < -0.4 is 15.4 Å². The molecular formula is C18H19F3N4O3.